The lowest BCUT2D eigenvalue weighted by Gasteiger charge is -2.23. The van der Waals surface area contributed by atoms with E-state index in [4.69, 9.17) is 18.3 Å². The molecular formula is C34H41N2O8P. The summed E-state index contributed by atoms with van der Waals surface area (Å²) in [4.78, 5) is 37.7. The molecule has 240 valence electrons. The van der Waals surface area contributed by atoms with Gasteiger partial charge in [-0.05, 0) is 41.2 Å². The molecule has 0 bridgehead atoms. The molecule has 0 fully saturated rings. The molecule has 0 aliphatic rings. The summed E-state index contributed by atoms with van der Waals surface area (Å²) in [6.07, 6.45) is 1.93. The second kappa shape index (κ2) is 17.9. The fourth-order valence-corrected chi connectivity index (χ4v) is 5.43. The quantitative estimate of drug-likeness (QED) is 0.100. The molecule has 3 rings (SSSR count). The number of nitrogens with one attached hydrogen (secondary N) is 2. The van der Waals surface area contributed by atoms with Crippen LogP contribution >= 0.6 is 7.82 Å². The maximum Gasteiger partial charge on any atom is 0.530 e. The van der Waals surface area contributed by atoms with Gasteiger partial charge in [-0.25, -0.2) is 9.36 Å². The first-order chi connectivity index (χ1) is 21.6. The number of phosphoric ester groups is 1. The number of carbonyl (C=O) groups is 3. The van der Waals surface area contributed by atoms with Crippen molar-refractivity contribution in [2.45, 2.75) is 58.9 Å². The molecule has 0 saturated carbocycles. The van der Waals surface area contributed by atoms with Crippen LogP contribution in [0.2, 0.25) is 0 Å². The van der Waals surface area contributed by atoms with Crippen molar-refractivity contribution in [3.63, 3.8) is 0 Å². The second-order valence-corrected chi connectivity index (χ2v) is 12.4. The summed E-state index contributed by atoms with van der Waals surface area (Å²) < 4.78 is 36.0. The highest BCUT2D eigenvalue weighted by Gasteiger charge is 2.30. The van der Waals surface area contributed by atoms with E-state index in [1.165, 1.54) is 13.0 Å². The fraction of sp³-hybridized carbons (Fsp3) is 0.324. The lowest BCUT2D eigenvalue weighted by molar-refractivity contribution is -0.147. The summed E-state index contributed by atoms with van der Waals surface area (Å²) in [6, 6.07) is 23.2. The maximum absolute atomic E-state index is 13.7. The molecule has 11 heteroatoms. The molecular weight excluding hydrogens is 595 g/mol. The molecule has 0 heterocycles. The highest BCUT2D eigenvalue weighted by atomic mass is 31.2. The predicted octanol–water partition coefficient (Wildman–Crippen LogP) is 5.91. The molecule has 2 N–H and O–H groups in total. The van der Waals surface area contributed by atoms with E-state index in [2.05, 4.69) is 17.2 Å². The van der Waals surface area contributed by atoms with E-state index in [-0.39, 0.29) is 37.9 Å². The number of hydrogen-bond donors (Lipinski definition) is 2. The molecule has 0 spiro atoms. The Morgan fingerprint density at radius 1 is 0.800 bits per heavy atom. The molecule has 0 aliphatic heterocycles. The highest BCUT2D eigenvalue weighted by molar-refractivity contribution is 7.48. The predicted molar refractivity (Wildman–Crippen MR) is 171 cm³/mol. The number of amides is 2. The van der Waals surface area contributed by atoms with E-state index >= 15 is 0 Å². The zero-order chi connectivity index (χ0) is 32.7. The van der Waals surface area contributed by atoms with Crippen LogP contribution in [-0.2, 0) is 52.4 Å². The Kier molecular flexibility index (Phi) is 14.0. The third-order valence-electron chi connectivity index (χ3n) is 6.39. The highest BCUT2D eigenvalue weighted by Crippen LogP contribution is 2.51. The zero-order valence-electron chi connectivity index (χ0n) is 25.8. The van der Waals surface area contributed by atoms with E-state index in [1.807, 2.05) is 74.5 Å². The van der Waals surface area contributed by atoms with Gasteiger partial charge < -0.3 is 19.9 Å². The SMILES string of the molecule is C=CCOC(=O)[C@H](CC(C)C)NC(=O)[C@H](Cc1ccc(OP(=O)(OCc2ccccc2)OCc2ccccc2)cc1)NC(C)=O. The van der Waals surface area contributed by atoms with Crippen LogP contribution < -0.4 is 15.2 Å². The molecule has 0 radical (unpaired) electrons. The Labute approximate surface area is 264 Å². The van der Waals surface area contributed by atoms with Gasteiger partial charge in [-0.3, -0.25) is 18.6 Å². The molecule has 0 unspecified atom stereocenters. The van der Waals surface area contributed by atoms with Crippen LogP contribution in [-0.4, -0.2) is 36.5 Å². The number of ether oxygens (including phenoxy) is 1. The van der Waals surface area contributed by atoms with Crippen molar-refractivity contribution in [1.29, 1.82) is 0 Å². The van der Waals surface area contributed by atoms with Crippen LogP contribution in [0, 0.1) is 5.92 Å². The normalized spacial score (nSPS) is 12.5. The van der Waals surface area contributed by atoms with E-state index in [0.29, 0.717) is 12.0 Å². The van der Waals surface area contributed by atoms with Crippen molar-refractivity contribution < 1.29 is 37.3 Å². The Hall–Kier alpha value is -4.24. The van der Waals surface area contributed by atoms with E-state index in [1.54, 1.807) is 24.3 Å². The Morgan fingerprint density at radius 3 is 1.84 bits per heavy atom. The summed E-state index contributed by atoms with van der Waals surface area (Å²) in [7, 11) is -4.07. The summed E-state index contributed by atoms with van der Waals surface area (Å²) in [5.74, 6) is -1.18. The minimum Gasteiger partial charge on any atom is -0.460 e. The number of benzene rings is 3. The topological polar surface area (TPSA) is 129 Å². The molecule has 0 aromatic heterocycles. The van der Waals surface area contributed by atoms with Crippen LogP contribution in [0.25, 0.3) is 0 Å². The summed E-state index contributed by atoms with van der Waals surface area (Å²) in [5, 5.41) is 5.37. The molecule has 45 heavy (non-hydrogen) atoms. The zero-order valence-corrected chi connectivity index (χ0v) is 26.7. The van der Waals surface area contributed by atoms with Crippen molar-refractivity contribution >= 4 is 25.6 Å². The van der Waals surface area contributed by atoms with Gasteiger partial charge in [-0.15, -0.1) is 0 Å². The standard InChI is InChI=1S/C34H41N2O8P/c1-5-20-41-34(39)32(21-25(2)3)36-33(38)31(35-26(4)37)22-27-16-18-30(19-17-27)44-45(40,42-23-28-12-8-6-9-13-28)43-24-29-14-10-7-11-15-29/h5-19,25,31-32H,1,20-24H2,2-4H3,(H,35,37)(H,36,38)/t31-,32-/m0/s1. The van der Waals surface area contributed by atoms with Crippen molar-refractivity contribution in [1.82, 2.24) is 10.6 Å². The molecule has 2 amide bonds. The van der Waals surface area contributed by atoms with Crippen LogP contribution in [0.5, 0.6) is 5.75 Å². The average Bonchev–Trinajstić information content (AvgIpc) is 3.02. The van der Waals surface area contributed by atoms with Gasteiger partial charge in [-0.2, -0.15) is 0 Å². The number of hydrogen-bond acceptors (Lipinski definition) is 8. The van der Waals surface area contributed by atoms with Gasteiger partial charge >= 0.3 is 13.8 Å². The van der Waals surface area contributed by atoms with Crippen molar-refractivity contribution in [2.75, 3.05) is 6.61 Å². The first-order valence-corrected chi connectivity index (χ1v) is 16.1. The average molecular weight is 637 g/mol. The molecule has 3 aromatic rings. The van der Waals surface area contributed by atoms with E-state index in [9.17, 15) is 18.9 Å². The van der Waals surface area contributed by atoms with Crippen molar-refractivity contribution in [2.24, 2.45) is 5.92 Å². The third kappa shape index (κ3) is 12.7. The van der Waals surface area contributed by atoms with E-state index in [0.717, 1.165) is 11.1 Å². The number of rotatable bonds is 18. The third-order valence-corrected chi connectivity index (χ3v) is 7.72. The monoisotopic (exact) mass is 636 g/mol. The molecule has 2 atom stereocenters. The lowest BCUT2D eigenvalue weighted by atomic mass is 10.0. The van der Waals surface area contributed by atoms with Gasteiger partial charge in [0.05, 0.1) is 13.2 Å². The van der Waals surface area contributed by atoms with Gasteiger partial charge in [-0.1, -0.05) is 99.3 Å². The Morgan fingerprint density at radius 2 is 1.36 bits per heavy atom. The van der Waals surface area contributed by atoms with Crippen LogP contribution in [0.3, 0.4) is 0 Å². The van der Waals surface area contributed by atoms with Gasteiger partial charge in [0.1, 0.15) is 24.4 Å². The number of carbonyl (C=O) groups excluding carboxylic acids is 3. The largest absolute Gasteiger partial charge is 0.530 e. The summed E-state index contributed by atoms with van der Waals surface area (Å²) >= 11 is 0. The minimum absolute atomic E-state index is 0.0113. The van der Waals surface area contributed by atoms with Gasteiger partial charge in [0.15, 0.2) is 0 Å². The number of phosphoric acid groups is 1. The smallest absolute Gasteiger partial charge is 0.460 e. The molecule has 3 aromatic carbocycles. The second-order valence-electron chi connectivity index (χ2n) is 10.8. The summed E-state index contributed by atoms with van der Waals surface area (Å²) in [6.45, 7) is 8.74. The van der Waals surface area contributed by atoms with Crippen molar-refractivity contribution in [3.05, 3.63) is 114 Å². The first-order valence-electron chi connectivity index (χ1n) is 14.7. The summed E-state index contributed by atoms with van der Waals surface area (Å²) in [5.41, 5.74) is 2.27. The maximum atomic E-state index is 13.7. The number of esters is 1. The molecule has 0 saturated heterocycles. The Balaban J connectivity index is 1.72. The van der Waals surface area contributed by atoms with Crippen LogP contribution in [0.4, 0.5) is 0 Å². The van der Waals surface area contributed by atoms with Gasteiger partial charge in [0.2, 0.25) is 11.8 Å². The minimum atomic E-state index is -4.07. The van der Waals surface area contributed by atoms with Crippen molar-refractivity contribution in [3.8, 4) is 5.75 Å². The van der Waals surface area contributed by atoms with Gasteiger partial charge in [0.25, 0.3) is 0 Å². The lowest BCUT2D eigenvalue weighted by Crippen LogP contribution is -2.52. The Bertz CT molecular complexity index is 1380. The molecule has 10 nitrogen and oxygen atoms in total. The first kappa shape index (κ1) is 35.2. The van der Waals surface area contributed by atoms with Crippen LogP contribution in [0.1, 0.15) is 43.9 Å². The van der Waals surface area contributed by atoms with Gasteiger partial charge in [0, 0.05) is 13.3 Å². The molecule has 0 aliphatic carbocycles. The van der Waals surface area contributed by atoms with Crippen LogP contribution in [0.15, 0.2) is 97.6 Å². The fourth-order valence-electron chi connectivity index (χ4n) is 4.25. The van der Waals surface area contributed by atoms with E-state index < -0.39 is 37.7 Å².